The normalized spacial score (nSPS) is 14.4. The van der Waals surface area contributed by atoms with Gasteiger partial charge in [-0.05, 0) is 25.8 Å². The summed E-state index contributed by atoms with van der Waals surface area (Å²) in [5.74, 6) is -0.305. The van der Waals surface area contributed by atoms with E-state index >= 15 is 0 Å². The maximum atomic E-state index is 12.4. The number of allylic oxidation sites excluding steroid dienone is 4. The van der Waals surface area contributed by atoms with Crippen molar-refractivity contribution in [1.82, 2.24) is 20.7 Å². The molecule has 0 fully saturated rings. The zero-order valence-electron chi connectivity index (χ0n) is 16.4. The first-order chi connectivity index (χ1) is 13.5. The number of anilines is 1. The second-order valence-corrected chi connectivity index (χ2v) is 7.68. The lowest BCUT2D eigenvalue weighted by Gasteiger charge is -2.23. The van der Waals surface area contributed by atoms with E-state index in [1.807, 2.05) is 55.5 Å². The highest BCUT2D eigenvalue weighted by molar-refractivity contribution is 8.00. The number of aromatic nitrogens is 1. The van der Waals surface area contributed by atoms with Crippen LogP contribution in [0.2, 0.25) is 0 Å². The predicted molar refractivity (Wildman–Crippen MR) is 117 cm³/mol. The molecule has 1 aromatic heterocycles. The number of nitrogens with zero attached hydrogens (tertiary/aromatic N) is 2. The van der Waals surface area contributed by atoms with Gasteiger partial charge >= 0.3 is 0 Å². The molecule has 1 atom stereocenters. The molecule has 28 heavy (non-hydrogen) atoms. The van der Waals surface area contributed by atoms with E-state index in [0.29, 0.717) is 35.9 Å². The Kier molecular flexibility index (Phi) is 9.26. The number of hydrazine groups is 1. The summed E-state index contributed by atoms with van der Waals surface area (Å²) in [7, 11) is 0. The second-order valence-electron chi connectivity index (χ2n) is 6.21. The lowest BCUT2D eigenvalue weighted by Crippen LogP contribution is -2.45. The largest absolute Gasteiger partial charge is 0.348 e. The Bertz CT molecular complexity index is 757. The summed E-state index contributed by atoms with van der Waals surface area (Å²) in [6.07, 6.45) is 12.9. The summed E-state index contributed by atoms with van der Waals surface area (Å²) in [6.45, 7) is 5.24. The Balaban J connectivity index is 1.79. The average Bonchev–Trinajstić information content (AvgIpc) is 2.98. The molecule has 0 radical (unpaired) electrons. The minimum atomic E-state index is -0.189. The molecular weight excluding hydrogens is 394 g/mol. The average molecular weight is 422 g/mol. The molecule has 0 bridgehead atoms. The van der Waals surface area contributed by atoms with E-state index in [2.05, 4.69) is 20.4 Å². The molecule has 0 saturated heterocycles. The summed E-state index contributed by atoms with van der Waals surface area (Å²) >= 11 is 2.84. The molecule has 2 rings (SSSR count). The van der Waals surface area contributed by atoms with Gasteiger partial charge in [0.15, 0.2) is 5.13 Å². The molecule has 2 amide bonds. The molecular formula is C19H27N5O2S2. The van der Waals surface area contributed by atoms with E-state index in [-0.39, 0.29) is 17.9 Å². The molecule has 0 aromatic carbocycles. The zero-order chi connectivity index (χ0) is 20.4. The van der Waals surface area contributed by atoms with Gasteiger partial charge in [-0.25, -0.2) is 9.99 Å². The van der Waals surface area contributed by atoms with Gasteiger partial charge < -0.3 is 10.0 Å². The standard InChI is InChI=1S/C19H27N5O2S2/c1-4-24(22-17(25)15-9-7-5-6-8-10-15)12-11-14(2)20-18(26)16-13-28-19(21-16)23-27-3/h5-7,9-10,13-14H,4,8,11-12H2,1-3H3,(H,20,26)(H,21,23)(H,22,25). The minimum Gasteiger partial charge on any atom is -0.348 e. The van der Waals surface area contributed by atoms with Gasteiger partial charge in [0.2, 0.25) is 0 Å². The molecule has 9 heteroatoms. The first-order valence-electron chi connectivity index (χ1n) is 9.18. The van der Waals surface area contributed by atoms with Gasteiger partial charge in [0.05, 0.1) is 0 Å². The number of nitrogens with one attached hydrogen (secondary N) is 3. The van der Waals surface area contributed by atoms with E-state index in [1.165, 1.54) is 23.3 Å². The van der Waals surface area contributed by atoms with Gasteiger partial charge in [-0.2, -0.15) is 0 Å². The third kappa shape index (κ3) is 7.14. The van der Waals surface area contributed by atoms with Crippen molar-refractivity contribution in [2.45, 2.75) is 32.7 Å². The Morgan fingerprint density at radius 3 is 2.93 bits per heavy atom. The third-order valence-electron chi connectivity index (χ3n) is 4.04. The highest BCUT2D eigenvalue weighted by atomic mass is 32.2. The van der Waals surface area contributed by atoms with E-state index in [4.69, 9.17) is 0 Å². The van der Waals surface area contributed by atoms with Gasteiger partial charge in [0.1, 0.15) is 5.69 Å². The molecule has 1 unspecified atom stereocenters. The smallest absolute Gasteiger partial charge is 0.271 e. The quantitative estimate of drug-likeness (QED) is 0.397. The molecule has 1 aromatic rings. The van der Waals surface area contributed by atoms with Crippen LogP contribution >= 0.6 is 23.3 Å². The van der Waals surface area contributed by atoms with Crippen LogP contribution in [0.4, 0.5) is 5.13 Å². The molecule has 3 N–H and O–H groups in total. The van der Waals surface area contributed by atoms with Crippen molar-refractivity contribution in [2.24, 2.45) is 0 Å². The third-order valence-corrected chi connectivity index (χ3v) is 5.32. The van der Waals surface area contributed by atoms with Crippen LogP contribution in [0.5, 0.6) is 0 Å². The highest BCUT2D eigenvalue weighted by Gasteiger charge is 2.16. The van der Waals surface area contributed by atoms with Crippen LogP contribution in [0, 0.1) is 0 Å². The van der Waals surface area contributed by atoms with E-state index in [0.717, 1.165) is 6.42 Å². The van der Waals surface area contributed by atoms with Crippen molar-refractivity contribution >= 4 is 40.2 Å². The van der Waals surface area contributed by atoms with Crippen LogP contribution in [0.1, 0.15) is 37.2 Å². The van der Waals surface area contributed by atoms with Gasteiger partial charge in [0, 0.05) is 36.3 Å². The number of rotatable bonds is 10. The summed E-state index contributed by atoms with van der Waals surface area (Å²) in [6, 6.07) is -0.0432. The number of amides is 2. The monoisotopic (exact) mass is 421 g/mol. The number of carbonyl (C=O) groups is 2. The van der Waals surface area contributed by atoms with Crippen molar-refractivity contribution in [2.75, 3.05) is 24.1 Å². The Morgan fingerprint density at radius 1 is 1.36 bits per heavy atom. The predicted octanol–water partition coefficient (Wildman–Crippen LogP) is 3.14. The summed E-state index contributed by atoms with van der Waals surface area (Å²) in [4.78, 5) is 28.9. The minimum absolute atomic E-state index is 0.0432. The van der Waals surface area contributed by atoms with Crippen molar-refractivity contribution in [3.05, 3.63) is 47.0 Å². The van der Waals surface area contributed by atoms with Crippen LogP contribution < -0.4 is 15.5 Å². The molecule has 0 saturated carbocycles. The number of carbonyl (C=O) groups excluding carboxylic acids is 2. The first-order valence-corrected chi connectivity index (χ1v) is 11.3. The Labute approximate surface area is 174 Å². The molecule has 1 aliphatic rings. The molecule has 152 valence electrons. The SMILES string of the molecule is CCN(CCC(C)NC(=O)c1csc(NSC)n1)NC(=O)C1=CCC=CC=C1. The van der Waals surface area contributed by atoms with Gasteiger partial charge in [-0.1, -0.05) is 43.2 Å². The lowest BCUT2D eigenvalue weighted by atomic mass is 10.2. The van der Waals surface area contributed by atoms with Crippen LogP contribution in [0.15, 0.2) is 41.3 Å². The highest BCUT2D eigenvalue weighted by Crippen LogP contribution is 2.17. The Hall–Kier alpha value is -2.10. The summed E-state index contributed by atoms with van der Waals surface area (Å²) in [5.41, 5.74) is 4.00. The lowest BCUT2D eigenvalue weighted by molar-refractivity contribution is -0.121. The zero-order valence-corrected chi connectivity index (χ0v) is 18.0. The number of hydrogen-bond donors (Lipinski definition) is 3. The van der Waals surface area contributed by atoms with Crippen molar-refractivity contribution in [3.8, 4) is 0 Å². The molecule has 1 aliphatic carbocycles. The topological polar surface area (TPSA) is 86.4 Å². The molecule has 7 nitrogen and oxygen atoms in total. The number of thiazole rings is 1. The molecule has 1 heterocycles. The van der Waals surface area contributed by atoms with Crippen molar-refractivity contribution in [1.29, 1.82) is 0 Å². The molecule has 0 spiro atoms. The van der Waals surface area contributed by atoms with E-state index in [9.17, 15) is 9.59 Å². The van der Waals surface area contributed by atoms with Crippen LogP contribution in [-0.2, 0) is 4.79 Å². The van der Waals surface area contributed by atoms with E-state index in [1.54, 1.807) is 5.38 Å². The Morgan fingerprint density at radius 2 is 2.18 bits per heavy atom. The maximum Gasteiger partial charge on any atom is 0.271 e. The first kappa shape index (κ1) is 22.2. The van der Waals surface area contributed by atoms with Crippen molar-refractivity contribution in [3.63, 3.8) is 0 Å². The van der Waals surface area contributed by atoms with Gasteiger partial charge in [-0.3, -0.25) is 15.0 Å². The summed E-state index contributed by atoms with van der Waals surface area (Å²) < 4.78 is 3.02. The van der Waals surface area contributed by atoms with Gasteiger partial charge in [-0.15, -0.1) is 11.3 Å². The van der Waals surface area contributed by atoms with Gasteiger partial charge in [0.25, 0.3) is 11.8 Å². The number of hydrogen-bond acceptors (Lipinski definition) is 7. The van der Waals surface area contributed by atoms with Crippen LogP contribution in [0.25, 0.3) is 0 Å². The second kappa shape index (κ2) is 11.7. The fourth-order valence-corrected chi connectivity index (χ4v) is 3.68. The van der Waals surface area contributed by atoms with Crippen LogP contribution in [0.3, 0.4) is 0 Å². The van der Waals surface area contributed by atoms with Crippen LogP contribution in [-0.4, -0.2) is 47.2 Å². The summed E-state index contributed by atoms with van der Waals surface area (Å²) in [5, 5.41) is 7.27. The maximum absolute atomic E-state index is 12.4. The fourth-order valence-electron chi connectivity index (χ4n) is 2.48. The van der Waals surface area contributed by atoms with E-state index < -0.39 is 0 Å². The molecule has 0 aliphatic heterocycles. The fraction of sp³-hybridized carbons (Fsp3) is 0.421. The van der Waals surface area contributed by atoms with Crippen molar-refractivity contribution < 1.29 is 9.59 Å².